The molecule has 1 unspecified atom stereocenters. The number of rotatable bonds is 5. The fourth-order valence-corrected chi connectivity index (χ4v) is 3.19. The van der Waals surface area contributed by atoms with Gasteiger partial charge in [0.05, 0.1) is 6.10 Å². The highest BCUT2D eigenvalue weighted by atomic mass is 79.9. The van der Waals surface area contributed by atoms with E-state index in [9.17, 15) is 0 Å². The van der Waals surface area contributed by atoms with Crippen LogP contribution in [0.3, 0.4) is 0 Å². The van der Waals surface area contributed by atoms with E-state index in [2.05, 4.69) is 46.0 Å². The lowest BCUT2D eigenvalue weighted by molar-refractivity contribution is 0.115. The first-order valence-electron chi connectivity index (χ1n) is 6.45. The average molecular weight is 333 g/mol. The monoisotopic (exact) mass is 331 g/mol. The second-order valence-corrected chi connectivity index (χ2v) is 5.70. The number of likely N-dealkylation sites (N-methyl/N-ethyl adjacent to an activating group) is 1. The van der Waals surface area contributed by atoms with Crippen molar-refractivity contribution in [2.24, 2.45) is 0 Å². The fourth-order valence-electron chi connectivity index (χ4n) is 2.29. The molecule has 100 valence electrons. The Hall–Kier alpha value is -0.250. The highest BCUT2D eigenvalue weighted by Gasteiger charge is 2.19. The summed E-state index contributed by atoms with van der Waals surface area (Å²) < 4.78 is 6.79. The molecule has 0 amide bonds. The summed E-state index contributed by atoms with van der Waals surface area (Å²) >= 11 is 9.45. The van der Waals surface area contributed by atoms with Crippen LogP contribution in [-0.4, -0.2) is 25.8 Å². The van der Waals surface area contributed by atoms with E-state index in [1.165, 1.54) is 18.5 Å². The van der Waals surface area contributed by atoms with Crippen molar-refractivity contribution in [3.8, 4) is 0 Å². The van der Waals surface area contributed by atoms with Gasteiger partial charge in [0.2, 0.25) is 0 Å². The van der Waals surface area contributed by atoms with Crippen molar-refractivity contribution in [3.05, 3.63) is 28.2 Å². The Labute approximate surface area is 122 Å². The molecule has 1 aliphatic heterocycles. The van der Waals surface area contributed by atoms with Gasteiger partial charge in [-0.15, -0.1) is 11.6 Å². The Morgan fingerprint density at radius 1 is 1.50 bits per heavy atom. The minimum absolute atomic E-state index is 0.386. The zero-order valence-corrected chi connectivity index (χ0v) is 13.0. The van der Waals surface area contributed by atoms with Gasteiger partial charge in [-0.2, -0.15) is 0 Å². The molecular weight excluding hydrogens is 314 g/mol. The Kier molecular flexibility index (Phi) is 5.34. The van der Waals surface area contributed by atoms with Crippen molar-refractivity contribution in [1.29, 1.82) is 0 Å². The second kappa shape index (κ2) is 6.78. The van der Waals surface area contributed by atoms with Gasteiger partial charge in [-0.05, 0) is 37.5 Å². The van der Waals surface area contributed by atoms with Gasteiger partial charge in [0.15, 0.2) is 0 Å². The van der Waals surface area contributed by atoms with Gasteiger partial charge in [0.1, 0.15) is 0 Å². The smallest absolute Gasteiger partial charge is 0.0750 e. The molecule has 1 aliphatic rings. The zero-order valence-electron chi connectivity index (χ0n) is 10.7. The van der Waals surface area contributed by atoms with Crippen molar-refractivity contribution in [3.63, 3.8) is 0 Å². The van der Waals surface area contributed by atoms with Crippen molar-refractivity contribution >= 4 is 33.2 Å². The first kappa shape index (κ1) is 14.2. The van der Waals surface area contributed by atoms with Gasteiger partial charge in [0.25, 0.3) is 0 Å². The molecule has 1 aromatic carbocycles. The zero-order chi connectivity index (χ0) is 13.0. The topological polar surface area (TPSA) is 12.5 Å². The molecule has 0 radical (unpaired) electrons. The van der Waals surface area contributed by atoms with E-state index in [1.807, 2.05) is 0 Å². The molecule has 1 aromatic rings. The van der Waals surface area contributed by atoms with E-state index in [0.717, 1.165) is 29.7 Å². The summed E-state index contributed by atoms with van der Waals surface area (Å²) in [6.45, 7) is 5.06. The van der Waals surface area contributed by atoms with Crippen LogP contribution >= 0.6 is 27.5 Å². The second-order valence-electron chi connectivity index (χ2n) is 4.58. The van der Waals surface area contributed by atoms with Gasteiger partial charge in [-0.1, -0.05) is 22.0 Å². The number of alkyl halides is 1. The summed E-state index contributed by atoms with van der Waals surface area (Å²) in [5.41, 5.74) is 2.36. The number of hydrogen-bond acceptors (Lipinski definition) is 2. The molecule has 0 saturated carbocycles. The number of benzene rings is 1. The first-order valence-corrected chi connectivity index (χ1v) is 7.78. The normalized spacial score (nSPS) is 19.2. The molecule has 0 aliphatic carbocycles. The fraction of sp³-hybridized carbons (Fsp3) is 0.571. The van der Waals surface area contributed by atoms with E-state index in [1.54, 1.807) is 0 Å². The minimum Gasteiger partial charge on any atom is -0.376 e. The molecule has 0 bridgehead atoms. The highest BCUT2D eigenvalue weighted by molar-refractivity contribution is 9.10. The molecule has 1 fully saturated rings. The van der Waals surface area contributed by atoms with Crippen LogP contribution in [0.2, 0.25) is 0 Å². The third kappa shape index (κ3) is 3.40. The quantitative estimate of drug-likeness (QED) is 0.750. The predicted molar refractivity (Wildman–Crippen MR) is 80.6 cm³/mol. The van der Waals surface area contributed by atoms with Crippen LogP contribution in [0, 0.1) is 0 Å². The summed E-state index contributed by atoms with van der Waals surface area (Å²) in [4.78, 5) is 2.36. The maximum absolute atomic E-state index is 5.87. The van der Waals surface area contributed by atoms with Crippen LogP contribution in [0.25, 0.3) is 0 Å². The Balaban J connectivity index is 2.08. The van der Waals surface area contributed by atoms with Crippen LogP contribution in [0.4, 0.5) is 5.69 Å². The number of halogens is 2. The third-order valence-electron chi connectivity index (χ3n) is 3.38. The standard InChI is InChI=1S/C14H19BrClNO/c1-2-17(10-13-4-3-7-18-13)12-6-5-11(9-16)14(15)8-12/h5-6,8,13H,2-4,7,9-10H2,1H3. The van der Waals surface area contributed by atoms with Crippen molar-refractivity contribution in [2.75, 3.05) is 24.6 Å². The summed E-state index contributed by atoms with van der Waals surface area (Å²) in [7, 11) is 0. The van der Waals surface area contributed by atoms with E-state index < -0.39 is 0 Å². The van der Waals surface area contributed by atoms with Crippen molar-refractivity contribution in [1.82, 2.24) is 0 Å². The molecule has 1 heterocycles. The van der Waals surface area contributed by atoms with Crippen molar-refractivity contribution < 1.29 is 4.74 Å². The lowest BCUT2D eigenvalue weighted by Gasteiger charge is -2.26. The molecule has 4 heteroatoms. The summed E-state index contributed by atoms with van der Waals surface area (Å²) in [6.07, 6.45) is 2.76. The Bertz CT molecular complexity index is 393. The van der Waals surface area contributed by atoms with Gasteiger partial charge in [0, 0.05) is 35.7 Å². The summed E-state index contributed by atoms with van der Waals surface area (Å²) in [5.74, 6) is 0.540. The lowest BCUT2D eigenvalue weighted by Crippen LogP contribution is -2.32. The van der Waals surface area contributed by atoms with E-state index in [-0.39, 0.29) is 0 Å². The number of anilines is 1. The molecule has 2 nitrogen and oxygen atoms in total. The van der Waals surface area contributed by atoms with Crippen LogP contribution in [0.5, 0.6) is 0 Å². The Morgan fingerprint density at radius 2 is 2.33 bits per heavy atom. The number of ether oxygens (including phenoxy) is 1. The third-order valence-corrected chi connectivity index (χ3v) is 4.40. The summed E-state index contributed by atoms with van der Waals surface area (Å²) in [6, 6.07) is 6.38. The maximum Gasteiger partial charge on any atom is 0.0750 e. The van der Waals surface area contributed by atoms with Gasteiger partial charge >= 0.3 is 0 Å². The largest absolute Gasteiger partial charge is 0.376 e. The van der Waals surface area contributed by atoms with E-state index in [0.29, 0.717) is 12.0 Å². The predicted octanol–water partition coefficient (Wildman–Crippen LogP) is 4.19. The van der Waals surface area contributed by atoms with Crippen LogP contribution in [0.15, 0.2) is 22.7 Å². The molecule has 2 rings (SSSR count). The number of hydrogen-bond donors (Lipinski definition) is 0. The summed E-state index contributed by atoms with van der Waals surface area (Å²) in [5, 5.41) is 0. The highest BCUT2D eigenvalue weighted by Crippen LogP contribution is 2.26. The lowest BCUT2D eigenvalue weighted by atomic mass is 10.2. The molecule has 0 aromatic heterocycles. The Morgan fingerprint density at radius 3 is 2.89 bits per heavy atom. The number of nitrogens with zero attached hydrogens (tertiary/aromatic N) is 1. The molecular formula is C14H19BrClNO. The first-order chi connectivity index (χ1) is 8.74. The minimum atomic E-state index is 0.386. The van der Waals surface area contributed by atoms with E-state index in [4.69, 9.17) is 16.3 Å². The van der Waals surface area contributed by atoms with Crippen LogP contribution in [0.1, 0.15) is 25.3 Å². The SMILES string of the molecule is CCN(CC1CCCO1)c1ccc(CCl)c(Br)c1. The maximum atomic E-state index is 5.87. The van der Waals surface area contributed by atoms with Crippen molar-refractivity contribution in [2.45, 2.75) is 31.7 Å². The molecule has 0 N–H and O–H groups in total. The van der Waals surface area contributed by atoms with Gasteiger partial charge < -0.3 is 9.64 Å². The van der Waals surface area contributed by atoms with E-state index >= 15 is 0 Å². The molecule has 1 saturated heterocycles. The van der Waals surface area contributed by atoms with Gasteiger partial charge in [-0.25, -0.2) is 0 Å². The van der Waals surface area contributed by atoms with Crippen LogP contribution in [-0.2, 0) is 10.6 Å². The molecule has 1 atom stereocenters. The van der Waals surface area contributed by atoms with Gasteiger partial charge in [-0.3, -0.25) is 0 Å². The van der Waals surface area contributed by atoms with Crippen LogP contribution < -0.4 is 4.90 Å². The molecule has 0 spiro atoms. The molecule has 18 heavy (non-hydrogen) atoms. The average Bonchev–Trinajstić information content (AvgIpc) is 2.88.